The second-order valence-corrected chi connectivity index (χ2v) is 8.90. The van der Waals surface area contributed by atoms with Gasteiger partial charge in [-0.2, -0.15) is 0 Å². The molecule has 1 aliphatic rings. The van der Waals surface area contributed by atoms with Gasteiger partial charge in [0.1, 0.15) is 11.3 Å². The quantitative estimate of drug-likeness (QED) is 0.454. The number of hydrogen-bond acceptors (Lipinski definition) is 4. The summed E-state index contributed by atoms with van der Waals surface area (Å²) in [5, 5.41) is 3.07. The van der Waals surface area contributed by atoms with Gasteiger partial charge in [-0.05, 0) is 72.9 Å². The fraction of sp³-hybridized carbons (Fsp3) is 0.241. The smallest absolute Gasteiger partial charge is 0.255 e. The summed E-state index contributed by atoms with van der Waals surface area (Å²) >= 11 is 0. The number of nitrogens with zero attached hydrogens (tertiary/aromatic N) is 3. The lowest BCUT2D eigenvalue weighted by Crippen LogP contribution is -2.35. The second-order valence-electron chi connectivity index (χ2n) is 8.90. The van der Waals surface area contributed by atoms with Gasteiger partial charge in [-0.1, -0.05) is 24.1 Å². The van der Waals surface area contributed by atoms with Crippen LogP contribution in [-0.2, 0) is 11.3 Å². The van der Waals surface area contributed by atoms with E-state index in [0.29, 0.717) is 5.56 Å². The number of aromatic nitrogens is 2. The van der Waals surface area contributed by atoms with Crippen LogP contribution in [0.2, 0.25) is 0 Å². The molecule has 0 spiro atoms. The first-order chi connectivity index (χ1) is 17.0. The zero-order valence-electron chi connectivity index (χ0n) is 20.0. The maximum Gasteiger partial charge on any atom is 0.255 e. The van der Waals surface area contributed by atoms with Gasteiger partial charge in [0.2, 0.25) is 0 Å². The van der Waals surface area contributed by atoms with Crippen molar-refractivity contribution >= 4 is 17.2 Å². The van der Waals surface area contributed by atoms with Crippen LogP contribution in [0, 0.1) is 25.7 Å². The molecule has 0 bridgehead atoms. The number of carbonyl (C=O) groups excluding carboxylic acids is 1. The van der Waals surface area contributed by atoms with E-state index in [0.717, 1.165) is 66.6 Å². The number of rotatable bonds is 4. The normalized spacial score (nSPS) is 13.9. The molecule has 5 rings (SSSR count). The molecule has 6 nitrogen and oxygen atoms in total. The predicted octanol–water partition coefficient (Wildman–Crippen LogP) is 4.44. The van der Waals surface area contributed by atoms with Gasteiger partial charge in [-0.3, -0.25) is 14.1 Å². The third-order valence-electron chi connectivity index (χ3n) is 6.15. The average Bonchev–Trinajstić information content (AvgIpc) is 3.27. The number of aryl methyl sites for hydroxylation is 2. The van der Waals surface area contributed by atoms with Crippen LogP contribution < -0.4 is 5.32 Å². The maximum absolute atomic E-state index is 13.1. The number of carbonyl (C=O) groups is 1. The summed E-state index contributed by atoms with van der Waals surface area (Å²) in [4.78, 5) is 19.9. The third kappa shape index (κ3) is 5.43. The highest BCUT2D eigenvalue weighted by Gasteiger charge is 2.13. The highest BCUT2D eigenvalue weighted by Crippen LogP contribution is 2.19. The number of fused-ring (bicyclic) bond motifs is 1. The number of nitrogens with one attached hydrogen (secondary N) is 1. The lowest BCUT2D eigenvalue weighted by molar-refractivity contribution is 0.0342. The van der Waals surface area contributed by atoms with Crippen LogP contribution in [0.4, 0.5) is 5.69 Å². The average molecular weight is 465 g/mol. The number of amides is 1. The summed E-state index contributed by atoms with van der Waals surface area (Å²) in [6.07, 6.45) is 3.71. The predicted molar refractivity (Wildman–Crippen MR) is 138 cm³/mol. The molecule has 0 atom stereocenters. The van der Waals surface area contributed by atoms with Crippen LogP contribution in [0.3, 0.4) is 0 Å². The van der Waals surface area contributed by atoms with Crippen molar-refractivity contribution in [3.8, 4) is 11.8 Å². The molecule has 3 heterocycles. The Hall–Kier alpha value is -3.92. The van der Waals surface area contributed by atoms with Gasteiger partial charge in [0.05, 0.1) is 19.4 Å². The summed E-state index contributed by atoms with van der Waals surface area (Å²) in [6.45, 7) is 8.30. The Bertz CT molecular complexity index is 1440. The number of pyridine rings is 1. The van der Waals surface area contributed by atoms with Gasteiger partial charge in [0.15, 0.2) is 0 Å². The fourth-order valence-corrected chi connectivity index (χ4v) is 4.30. The van der Waals surface area contributed by atoms with Crippen LogP contribution in [0.15, 0.2) is 67.0 Å². The van der Waals surface area contributed by atoms with Crippen molar-refractivity contribution in [2.45, 2.75) is 20.4 Å². The standard InChI is InChI=1S/C29H28N4O2/c1-21-15-23(20-32-11-13-35-14-12-32)17-26(16-21)31-29(34)25-7-6-22(2)24(18-25)8-9-27-19-30-28-5-3-4-10-33(27)28/h3-7,10,15-19H,11-14,20H2,1-2H3,(H,31,34). The van der Waals surface area contributed by atoms with Crippen LogP contribution in [0.25, 0.3) is 5.65 Å². The van der Waals surface area contributed by atoms with E-state index in [9.17, 15) is 4.79 Å². The Balaban J connectivity index is 1.34. The Morgan fingerprint density at radius 1 is 1.06 bits per heavy atom. The zero-order chi connectivity index (χ0) is 24.2. The number of imidazole rings is 1. The molecule has 1 amide bonds. The Labute approximate surface area is 205 Å². The molecule has 0 radical (unpaired) electrons. The molecule has 1 N–H and O–H groups in total. The van der Waals surface area contributed by atoms with E-state index in [1.165, 1.54) is 5.56 Å². The van der Waals surface area contributed by atoms with Crippen molar-refractivity contribution in [3.63, 3.8) is 0 Å². The molecule has 2 aromatic carbocycles. The molecule has 2 aromatic heterocycles. The van der Waals surface area contributed by atoms with Crippen molar-refractivity contribution in [1.82, 2.24) is 14.3 Å². The highest BCUT2D eigenvalue weighted by atomic mass is 16.5. The van der Waals surface area contributed by atoms with E-state index in [1.807, 2.05) is 60.0 Å². The maximum atomic E-state index is 13.1. The minimum atomic E-state index is -0.147. The molecular weight excluding hydrogens is 436 g/mol. The summed E-state index contributed by atoms with van der Waals surface area (Å²) in [6, 6.07) is 17.7. The first-order valence-electron chi connectivity index (χ1n) is 11.8. The van der Waals surface area contributed by atoms with Crippen LogP contribution in [-0.4, -0.2) is 46.5 Å². The molecule has 1 fully saturated rings. The fourth-order valence-electron chi connectivity index (χ4n) is 4.30. The molecule has 1 aliphatic heterocycles. The second kappa shape index (κ2) is 10.1. The Morgan fingerprint density at radius 3 is 2.77 bits per heavy atom. The topological polar surface area (TPSA) is 58.9 Å². The van der Waals surface area contributed by atoms with Crippen molar-refractivity contribution in [3.05, 3.63) is 101 Å². The van der Waals surface area contributed by atoms with Gasteiger partial charge in [0.25, 0.3) is 5.91 Å². The summed E-state index contributed by atoms with van der Waals surface area (Å²) in [5.41, 5.74) is 7.19. The van der Waals surface area contributed by atoms with Crippen molar-refractivity contribution < 1.29 is 9.53 Å². The monoisotopic (exact) mass is 464 g/mol. The van der Waals surface area contributed by atoms with Gasteiger partial charge >= 0.3 is 0 Å². The molecule has 6 heteroatoms. The molecule has 0 unspecified atom stereocenters. The summed E-state index contributed by atoms with van der Waals surface area (Å²) < 4.78 is 7.40. The van der Waals surface area contributed by atoms with Gasteiger partial charge in [-0.15, -0.1) is 0 Å². The Kier molecular flexibility index (Phi) is 6.62. The van der Waals surface area contributed by atoms with Gasteiger partial charge in [-0.25, -0.2) is 4.98 Å². The molecular formula is C29H28N4O2. The third-order valence-corrected chi connectivity index (χ3v) is 6.15. The lowest BCUT2D eigenvalue weighted by Gasteiger charge is -2.26. The minimum Gasteiger partial charge on any atom is -0.379 e. The first-order valence-corrected chi connectivity index (χ1v) is 11.8. The number of ether oxygens (including phenoxy) is 1. The molecule has 0 aliphatic carbocycles. The molecule has 176 valence electrons. The van der Waals surface area contributed by atoms with E-state index in [1.54, 1.807) is 6.20 Å². The van der Waals surface area contributed by atoms with Gasteiger partial charge in [0, 0.05) is 42.6 Å². The van der Waals surface area contributed by atoms with Gasteiger partial charge < -0.3 is 10.1 Å². The van der Waals surface area contributed by atoms with Crippen LogP contribution in [0.5, 0.6) is 0 Å². The highest BCUT2D eigenvalue weighted by molar-refractivity contribution is 6.04. The largest absolute Gasteiger partial charge is 0.379 e. The summed E-state index contributed by atoms with van der Waals surface area (Å²) in [7, 11) is 0. The van der Waals surface area contributed by atoms with E-state index in [-0.39, 0.29) is 5.91 Å². The number of anilines is 1. The lowest BCUT2D eigenvalue weighted by atomic mass is 10.0. The van der Waals surface area contributed by atoms with E-state index in [4.69, 9.17) is 4.74 Å². The van der Waals surface area contributed by atoms with E-state index in [2.05, 4.69) is 46.1 Å². The summed E-state index contributed by atoms with van der Waals surface area (Å²) in [5.74, 6) is 6.28. The van der Waals surface area contributed by atoms with Crippen LogP contribution >= 0.6 is 0 Å². The number of morpholine rings is 1. The van der Waals surface area contributed by atoms with Crippen LogP contribution in [0.1, 0.15) is 38.3 Å². The van der Waals surface area contributed by atoms with Crippen molar-refractivity contribution in [2.24, 2.45) is 0 Å². The molecule has 35 heavy (non-hydrogen) atoms. The number of benzene rings is 2. The van der Waals surface area contributed by atoms with E-state index < -0.39 is 0 Å². The minimum absolute atomic E-state index is 0.147. The van der Waals surface area contributed by atoms with Crippen molar-refractivity contribution in [1.29, 1.82) is 0 Å². The molecule has 4 aromatic rings. The molecule has 1 saturated heterocycles. The first kappa shape index (κ1) is 22.9. The SMILES string of the molecule is Cc1cc(CN2CCOCC2)cc(NC(=O)c2ccc(C)c(C#Cc3cnc4ccccn34)c2)c1. The number of hydrogen-bond donors (Lipinski definition) is 1. The van der Waals surface area contributed by atoms with Crippen molar-refractivity contribution in [2.75, 3.05) is 31.6 Å². The Morgan fingerprint density at radius 2 is 1.91 bits per heavy atom. The molecule has 0 saturated carbocycles. The van der Waals surface area contributed by atoms with E-state index >= 15 is 0 Å². The zero-order valence-corrected chi connectivity index (χ0v) is 20.0.